The minimum absolute atomic E-state index is 0. The molecule has 12 nitrogen and oxygen atoms in total. The van der Waals surface area contributed by atoms with Crippen LogP contribution in [-0.2, 0) is 33.9 Å². The smallest absolute Gasteiger partial charge is 0.870 e. The molecule has 3 aromatic carbocycles. The maximum Gasteiger partial charge on any atom is 3.00 e. The molecule has 0 bridgehead atoms. The Morgan fingerprint density at radius 1 is 0.619 bits per heavy atom. The standard InChI is InChI=1S/C22H20N2O4.3C2H4O2.Gd.Zn/c1-27-19-11-5-7-15(21(19)25)13-23-17-9-3-4-10-18(17)24-14-16-8-6-12-20(28-2)22(16)26;3*1-2(3)4;;/h3-14,25-26H,1-2H3;3*1H3,(H,3,4);;/q;;;;+3;+2/p-5. The van der Waals surface area contributed by atoms with Crippen molar-refractivity contribution in [3.05, 3.63) is 71.8 Å². The monoisotopic (exact) mass is 773 g/mol. The molecule has 3 rings (SSSR count). The second kappa shape index (κ2) is 24.2. The number of carbonyl (C=O) groups is 3. The Balaban J connectivity index is -0.000000928. The zero-order valence-electron chi connectivity index (χ0n) is 23.5. The number of nitrogens with zero attached hydrogens (tertiary/aromatic N) is 2. The molecule has 42 heavy (non-hydrogen) atoms. The Labute approximate surface area is 288 Å². The van der Waals surface area contributed by atoms with Crippen LogP contribution in [0.15, 0.2) is 70.6 Å². The number of carboxylic acid groups (broad SMARTS) is 3. The van der Waals surface area contributed by atoms with E-state index < -0.39 is 17.9 Å². The molecule has 219 valence electrons. The first-order chi connectivity index (χ1) is 18.8. The average molecular weight is 774 g/mol. The molecule has 0 unspecified atom stereocenters. The van der Waals surface area contributed by atoms with Crippen LogP contribution in [0.4, 0.5) is 11.4 Å². The molecule has 0 aliphatic carbocycles. The number of hydrogen-bond acceptors (Lipinski definition) is 12. The van der Waals surface area contributed by atoms with Gasteiger partial charge in [0.1, 0.15) is 11.5 Å². The van der Waals surface area contributed by atoms with E-state index >= 15 is 0 Å². The summed E-state index contributed by atoms with van der Waals surface area (Å²) in [6.07, 6.45) is 2.95. The first kappa shape index (κ1) is 43.0. The minimum atomic E-state index is -1.08. The number of ether oxygens (including phenoxy) is 2. The van der Waals surface area contributed by atoms with Crippen LogP contribution in [0.25, 0.3) is 0 Å². The summed E-state index contributed by atoms with van der Waals surface area (Å²) in [6.45, 7) is 2.92. The molecule has 0 fully saturated rings. The summed E-state index contributed by atoms with van der Waals surface area (Å²) in [4.78, 5) is 35.4. The van der Waals surface area contributed by atoms with Crippen molar-refractivity contribution in [1.29, 1.82) is 0 Å². The normalized spacial score (nSPS) is 9.26. The van der Waals surface area contributed by atoms with Crippen molar-refractivity contribution < 1.29 is 109 Å². The minimum Gasteiger partial charge on any atom is -0.870 e. The Kier molecular flexibility index (Phi) is 24.8. The van der Waals surface area contributed by atoms with Crippen molar-refractivity contribution in [2.45, 2.75) is 20.8 Å². The summed E-state index contributed by atoms with van der Waals surface area (Å²) in [5.41, 5.74) is 1.95. The van der Waals surface area contributed by atoms with Crippen LogP contribution in [0.2, 0.25) is 0 Å². The Bertz CT molecular complexity index is 1210. The molecule has 0 saturated carbocycles. The molecule has 0 aliphatic rings. The van der Waals surface area contributed by atoms with Crippen LogP contribution >= 0.6 is 0 Å². The Morgan fingerprint density at radius 2 is 0.905 bits per heavy atom. The fourth-order valence-electron chi connectivity index (χ4n) is 2.55. The number of aliphatic carboxylic acids is 3. The van der Waals surface area contributed by atoms with E-state index in [-0.39, 0.29) is 82.4 Å². The number of rotatable bonds is 6. The summed E-state index contributed by atoms with van der Waals surface area (Å²) in [6, 6.07) is 17.2. The van der Waals surface area contributed by atoms with E-state index in [0.29, 0.717) is 22.5 Å². The molecule has 1 radical (unpaired) electrons. The van der Waals surface area contributed by atoms with Gasteiger partial charge in [-0.15, -0.1) is 0 Å². The van der Waals surface area contributed by atoms with Gasteiger partial charge in [0.25, 0.3) is 0 Å². The maximum atomic E-state index is 12.2. The fourth-order valence-corrected chi connectivity index (χ4v) is 2.55. The van der Waals surface area contributed by atoms with E-state index in [4.69, 9.17) is 39.2 Å². The van der Waals surface area contributed by atoms with E-state index in [9.17, 15) is 10.2 Å². The molecule has 14 heteroatoms. The van der Waals surface area contributed by atoms with E-state index in [1.165, 1.54) is 26.6 Å². The third-order valence-corrected chi connectivity index (χ3v) is 4.03. The van der Waals surface area contributed by atoms with Crippen LogP contribution in [0.3, 0.4) is 0 Å². The van der Waals surface area contributed by atoms with Gasteiger partial charge >= 0.3 is 59.4 Å². The molecule has 3 aromatic rings. The predicted octanol–water partition coefficient (Wildman–Crippen LogP) is -0.382. The quantitative estimate of drug-likeness (QED) is 0.234. The topological polar surface area (TPSA) is 210 Å². The zero-order valence-corrected chi connectivity index (χ0v) is 28.7. The molecule has 0 heterocycles. The largest absolute Gasteiger partial charge is 3.00 e. The Morgan fingerprint density at radius 3 is 1.17 bits per heavy atom. The molecule has 0 aliphatic heterocycles. The molecule has 0 amide bonds. The van der Waals surface area contributed by atoms with Gasteiger partial charge in [-0.3, -0.25) is 9.98 Å². The van der Waals surface area contributed by atoms with Gasteiger partial charge in [-0.05, 0) is 56.2 Å². The second-order valence-corrected chi connectivity index (χ2v) is 7.24. The predicted molar refractivity (Wildman–Crippen MR) is 138 cm³/mol. The second-order valence-electron chi connectivity index (χ2n) is 7.24. The number of carbonyl (C=O) groups excluding carboxylic acids is 3. The summed E-state index contributed by atoms with van der Waals surface area (Å²) in [5.74, 6) is -3.20. The molecule has 0 saturated heterocycles. The molecule has 0 spiro atoms. The van der Waals surface area contributed by atoms with Gasteiger partial charge in [0.05, 0.1) is 25.6 Å². The molecule has 0 aromatic heterocycles. The maximum absolute atomic E-state index is 12.2. The fraction of sp³-hybridized carbons (Fsp3) is 0.179. The summed E-state index contributed by atoms with van der Waals surface area (Å²) < 4.78 is 10.1. The number of aliphatic imine (C=N–C) groups is 2. The third-order valence-electron chi connectivity index (χ3n) is 4.03. The molecular weight excluding hydrogens is 747 g/mol. The van der Waals surface area contributed by atoms with E-state index in [0.717, 1.165) is 20.8 Å². The molecular formula is C28H27GdN2O10Zn. The summed E-state index contributed by atoms with van der Waals surface area (Å²) in [5, 5.41) is 51.1. The van der Waals surface area contributed by atoms with Crippen molar-refractivity contribution in [2.24, 2.45) is 9.98 Å². The number of carboxylic acids is 3. The summed E-state index contributed by atoms with van der Waals surface area (Å²) in [7, 11) is 2.90. The first-order valence-electron chi connectivity index (χ1n) is 11.2. The van der Waals surface area contributed by atoms with Crippen molar-refractivity contribution in [3.8, 4) is 23.0 Å². The van der Waals surface area contributed by atoms with E-state index in [2.05, 4.69) is 9.98 Å². The average Bonchev–Trinajstić information content (AvgIpc) is 2.87. The first-order valence-corrected chi connectivity index (χ1v) is 11.2. The SMILES string of the molecule is CC(=O)[O-].CC(=O)[O-].CC(=O)[O-].COc1cccc(C=Nc2ccccc2N=Cc2cccc(OC)c2[O-])c1[O-].[Gd+3].[Zn+2]. The third kappa shape index (κ3) is 18.8. The van der Waals surface area contributed by atoms with Crippen LogP contribution in [0, 0.1) is 39.9 Å². The van der Waals surface area contributed by atoms with Gasteiger partial charge in [0, 0.05) is 30.3 Å². The van der Waals surface area contributed by atoms with Gasteiger partial charge in [0.2, 0.25) is 0 Å². The van der Waals surface area contributed by atoms with Gasteiger partial charge < -0.3 is 49.4 Å². The van der Waals surface area contributed by atoms with E-state index in [1.54, 1.807) is 48.5 Å². The molecule has 0 atom stereocenters. The Hall–Kier alpha value is -3.44. The van der Waals surface area contributed by atoms with Crippen molar-refractivity contribution in [2.75, 3.05) is 14.2 Å². The van der Waals surface area contributed by atoms with Crippen LogP contribution in [-0.4, -0.2) is 44.6 Å². The zero-order chi connectivity index (χ0) is 30.7. The molecule has 0 N–H and O–H groups in total. The van der Waals surface area contributed by atoms with Crippen LogP contribution in [0.5, 0.6) is 23.0 Å². The number of hydrogen-bond donors (Lipinski definition) is 0. The van der Waals surface area contributed by atoms with Gasteiger partial charge in [-0.2, -0.15) is 0 Å². The van der Waals surface area contributed by atoms with Crippen molar-refractivity contribution in [3.63, 3.8) is 0 Å². The summed E-state index contributed by atoms with van der Waals surface area (Å²) >= 11 is 0. The van der Waals surface area contributed by atoms with Crippen molar-refractivity contribution >= 4 is 41.7 Å². The number of para-hydroxylation sites is 4. The van der Waals surface area contributed by atoms with Crippen LogP contribution < -0.4 is 35.0 Å². The number of benzene rings is 3. The van der Waals surface area contributed by atoms with E-state index in [1.807, 2.05) is 12.1 Å². The van der Waals surface area contributed by atoms with Crippen molar-refractivity contribution in [1.82, 2.24) is 0 Å². The van der Waals surface area contributed by atoms with Gasteiger partial charge in [-0.25, -0.2) is 0 Å². The van der Waals surface area contributed by atoms with Crippen LogP contribution in [0.1, 0.15) is 31.9 Å². The van der Waals surface area contributed by atoms with Gasteiger partial charge in [-0.1, -0.05) is 47.9 Å². The van der Waals surface area contributed by atoms with Gasteiger partial charge in [0.15, 0.2) is 0 Å². The number of methoxy groups -OCH3 is 2.